The second-order valence-electron chi connectivity index (χ2n) is 6.67. The average Bonchev–Trinajstić information content (AvgIpc) is 2.70. The molecule has 1 aliphatic heterocycles. The zero-order chi connectivity index (χ0) is 19.7. The lowest BCUT2D eigenvalue weighted by molar-refractivity contribution is 0.411. The Kier molecular flexibility index (Phi) is 5.49. The van der Waals surface area contributed by atoms with E-state index in [0.717, 1.165) is 26.9 Å². The van der Waals surface area contributed by atoms with E-state index in [2.05, 4.69) is 21.2 Å². The van der Waals surface area contributed by atoms with Crippen LogP contribution < -0.4 is 5.32 Å². The molecule has 1 heterocycles. The summed E-state index contributed by atoms with van der Waals surface area (Å²) in [5.41, 5.74) is 3.31. The van der Waals surface area contributed by atoms with Gasteiger partial charge in [-0.25, -0.2) is 4.39 Å². The van der Waals surface area contributed by atoms with E-state index in [1.54, 1.807) is 18.2 Å². The maximum atomic E-state index is 13.8. The highest BCUT2D eigenvalue weighted by molar-refractivity contribution is 9.10. The Hall–Kier alpha value is -2.21. The predicted molar refractivity (Wildman–Crippen MR) is 113 cm³/mol. The van der Waals surface area contributed by atoms with Gasteiger partial charge in [-0.3, -0.25) is 10.3 Å². The standard InChI is InChI=1S/C22H17BrClFN2O/c23-15-6-9-21(28)18(11-15)20-12-19(13-4-7-16(24)8-5-13)26-22(27-20)14-2-1-3-17(25)10-14/h1-11,20,22,27-28H,12H2/t20-,22+/m1/s1. The van der Waals surface area contributed by atoms with Crippen molar-refractivity contribution < 1.29 is 9.50 Å². The van der Waals surface area contributed by atoms with E-state index in [1.165, 1.54) is 12.1 Å². The lowest BCUT2D eigenvalue weighted by atomic mass is 9.93. The summed E-state index contributed by atoms with van der Waals surface area (Å²) in [5, 5.41) is 14.5. The maximum Gasteiger partial charge on any atom is 0.126 e. The van der Waals surface area contributed by atoms with Crippen molar-refractivity contribution in [2.24, 2.45) is 4.99 Å². The molecule has 0 spiro atoms. The molecule has 28 heavy (non-hydrogen) atoms. The Bertz CT molecular complexity index is 1040. The molecule has 3 aromatic rings. The van der Waals surface area contributed by atoms with E-state index in [9.17, 15) is 9.50 Å². The second-order valence-corrected chi connectivity index (χ2v) is 8.02. The second kappa shape index (κ2) is 8.03. The number of aliphatic imine (C=N–C) groups is 1. The Balaban J connectivity index is 1.77. The molecule has 0 fully saturated rings. The third-order valence-corrected chi connectivity index (χ3v) is 5.49. The van der Waals surface area contributed by atoms with E-state index in [4.69, 9.17) is 16.6 Å². The fourth-order valence-corrected chi connectivity index (χ4v) is 3.88. The normalized spacial score (nSPS) is 19.3. The summed E-state index contributed by atoms with van der Waals surface area (Å²) < 4.78 is 14.7. The molecule has 2 N–H and O–H groups in total. The van der Waals surface area contributed by atoms with E-state index < -0.39 is 6.17 Å². The Morgan fingerprint density at radius 2 is 1.86 bits per heavy atom. The molecule has 0 amide bonds. The van der Waals surface area contributed by atoms with Crippen LogP contribution in [-0.4, -0.2) is 10.8 Å². The lowest BCUT2D eigenvalue weighted by Gasteiger charge is -2.31. The maximum absolute atomic E-state index is 13.8. The van der Waals surface area contributed by atoms with Crippen LogP contribution in [0.4, 0.5) is 4.39 Å². The minimum atomic E-state index is -0.432. The first-order chi connectivity index (χ1) is 13.5. The third kappa shape index (κ3) is 4.12. The number of rotatable bonds is 3. The number of nitrogens with one attached hydrogen (secondary N) is 1. The zero-order valence-electron chi connectivity index (χ0n) is 14.7. The summed E-state index contributed by atoms with van der Waals surface area (Å²) in [6, 6.07) is 19.0. The van der Waals surface area contributed by atoms with Crippen LogP contribution in [0.5, 0.6) is 5.75 Å². The third-order valence-electron chi connectivity index (χ3n) is 4.75. The molecule has 0 unspecified atom stereocenters. The molecule has 0 saturated carbocycles. The SMILES string of the molecule is Oc1ccc(Br)cc1[C@H]1CC(c2ccc(Cl)cc2)=N[C@H](c2cccc(F)c2)N1. The van der Waals surface area contributed by atoms with Crippen molar-refractivity contribution in [1.29, 1.82) is 0 Å². The highest BCUT2D eigenvalue weighted by Gasteiger charge is 2.28. The molecule has 6 heteroatoms. The molecule has 142 valence electrons. The van der Waals surface area contributed by atoms with Gasteiger partial charge in [-0.1, -0.05) is 51.8 Å². The Morgan fingerprint density at radius 1 is 1.07 bits per heavy atom. The van der Waals surface area contributed by atoms with Crippen LogP contribution in [0.15, 0.2) is 76.2 Å². The summed E-state index contributed by atoms with van der Waals surface area (Å²) in [4.78, 5) is 4.82. The largest absolute Gasteiger partial charge is 0.508 e. The molecule has 0 radical (unpaired) electrons. The number of hydrogen-bond acceptors (Lipinski definition) is 3. The quantitative estimate of drug-likeness (QED) is 0.492. The number of phenolic OH excluding ortho intramolecular Hbond substituents is 1. The van der Waals surface area contributed by atoms with Gasteiger partial charge in [0.25, 0.3) is 0 Å². The van der Waals surface area contributed by atoms with Gasteiger partial charge in [-0.15, -0.1) is 0 Å². The van der Waals surface area contributed by atoms with Gasteiger partial charge in [0.2, 0.25) is 0 Å². The van der Waals surface area contributed by atoms with Crippen LogP contribution >= 0.6 is 27.5 Å². The zero-order valence-corrected chi connectivity index (χ0v) is 17.1. The summed E-state index contributed by atoms with van der Waals surface area (Å²) in [6.07, 6.45) is 0.149. The summed E-state index contributed by atoms with van der Waals surface area (Å²) >= 11 is 9.49. The van der Waals surface area contributed by atoms with Crippen LogP contribution in [0.3, 0.4) is 0 Å². The summed E-state index contributed by atoms with van der Waals surface area (Å²) in [6.45, 7) is 0. The van der Waals surface area contributed by atoms with Crippen LogP contribution in [0.25, 0.3) is 0 Å². The van der Waals surface area contributed by atoms with Gasteiger partial charge in [0.15, 0.2) is 0 Å². The van der Waals surface area contributed by atoms with Gasteiger partial charge in [0, 0.05) is 33.2 Å². The number of nitrogens with zero attached hydrogens (tertiary/aromatic N) is 1. The van der Waals surface area contributed by atoms with Crippen molar-refractivity contribution in [3.8, 4) is 5.75 Å². The smallest absolute Gasteiger partial charge is 0.126 e. The minimum Gasteiger partial charge on any atom is -0.508 e. The molecule has 3 aromatic carbocycles. The predicted octanol–water partition coefficient (Wildman–Crippen LogP) is 6.17. The van der Waals surface area contributed by atoms with Crippen molar-refractivity contribution in [3.63, 3.8) is 0 Å². The first-order valence-corrected chi connectivity index (χ1v) is 9.99. The molecule has 1 aliphatic rings. The molecule has 0 bridgehead atoms. The first kappa shape index (κ1) is 19.1. The van der Waals surface area contributed by atoms with Crippen molar-refractivity contribution in [2.45, 2.75) is 18.6 Å². The Morgan fingerprint density at radius 3 is 2.61 bits per heavy atom. The molecular weight excluding hydrogens is 443 g/mol. The molecule has 0 saturated heterocycles. The molecule has 3 nitrogen and oxygen atoms in total. The number of halogens is 3. The fraction of sp³-hybridized carbons (Fsp3) is 0.136. The summed E-state index contributed by atoms with van der Waals surface area (Å²) in [7, 11) is 0. The number of benzene rings is 3. The first-order valence-electron chi connectivity index (χ1n) is 8.82. The van der Waals surface area contributed by atoms with Gasteiger partial charge in [-0.2, -0.15) is 0 Å². The van der Waals surface area contributed by atoms with Crippen molar-refractivity contribution in [3.05, 3.63) is 98.7 Å². The van der Waals surface area contributed by atoms with Crippen LogP contribution in [-0.2, 0) is 0 Å². The van der Waals surface area contributed by atoms with E-state index in [0.29, 0.717) is 11.4 Å². The van der Waals surface area contributed by atoms with E-state index >= 15 is 0 Å². The van der Waals surface area contributed by atoms with E-state index in [-0.39, 0.29) is 17.6 Å². The van der Waals surface area contributed by atoms with Gasteiger partial charge in [0.1, 0.15) is 17.7 Å². The van der Waals surface area contributed by atoms with Gasteiger partial charge in [0.05, 0.1) is 0 Å². The molecule has 4 rings (SSSR count). The number of phenols is 1. The number of aromatic hydroxyl groups is 1. The minimum absolute atomic E-state index is 0.186. The lowest BCUT2D eigenvalue weighted by Crippen LogP contribution is -2.33. The Labute approximate surface area is 176 Å². The van der Waals surface area contributed by atoms with Crippen molar-refractivity contribution in [2.75, 3.05) is 0 Å². The molecule has 2 atom stereocenters. The van der Waals surface area contributed by atoms with Crippen LogP contribution in [0.1, 0.15) is 35.3 Å². The van der Waals surface area contributed by atoms with Crippen molar-refractivity contribution in [1.82, 2.24) is 5.32 Å². The highest BCUT2D eigenvalue weighted by Crippen LogP contribution is 2.36. The van der Waals surface area contributed by atoms with Crippen molar-refractivity contribution >= 4 is 33.2 Å². The van der Waals surface area contributed by atoms with Gasteiger partial charge < -0.3 is 5.11 Å². The van der Waals surface area contributed by atoms with Gasteiger partial charge in [-0.05, 0) is 53.6 Å². The van der Waals surface area contributed by atoms with E-state index in [1.807, 2.05) is 36.4 Å². The topological polar surface area (TPSA) is 44.6 Å². The van der Waals surface area contributed by atoms with Gasteiger partial charge >= 0.3 is 0 Å². The molecule has 0 aliphatic carbocycles. The fourth-order valence-electron chi connectivity index (χ4n) is 3.37. The number of hydrogen-bond donors (Lipinski definition) is 2. The highest BCUT2D eigenvalue weighted by atomic mass is 79.9. The summed E-state index contributed by atoms with van der Waals surface area (Å²) in [5.74, 6) is -0.106. The average molecular weight is 460 g/mol. The molecular formula is C22H17BrClFN2O. The molecule has 0 aromatic heterocycles. The van der Waals surface area contributed by atoms with Crippen LogP contribution in [0, 0.1) is 5.82 Å². The van der Waals surface area contributed by atoms with Crippen LogP contribution in [0.2, 0.25) is 5.02 Å². The monoisotopic (exact) mass is 458 g/mol.